The maximum absolute atomic E-state index is 13.2. The number of hydrogen-bond acceptors (Lipinski definition) is 2. The predicted molar refractivity (Wildman–Crippen MR) is 54.5 cm³/mol. The highest BCUT2D eigenvalue weighted by Crippen LogP contribution is 2.16. The van der Waals surface area contributed by atoms with Crippen LogP contribution in [0.5, 0.6) is 0 Å². The lowest BCUT2D eigenvalue weighted by molar-refractivity contribution is 0.494. The van der Waals surface area contributed by atoms with E-state index >= 15 is 0 Å². The lowest BCUT2D eigenvalue weighted by atomic mass is 9.96. The van der Waals surface area contributed by atoms with Crippen LogP contribution in [0.3, 0.4) is 0 Å². The van der Waals surface area contributed by atoms with Crippen molar-refractivity contribution in [2.75, 3.05) is 0 Å². The van der Waals surface area contributed by atoms with E-state index < -0.39 is 5.95 Å². The molecule has 2 heterocycles. The van der Waals surface area contributed by atoms with Gasteiger partial charge in [0.2, 0.25) is 5.95 Å². The fourth-order valence-electron chi connectivity index (χ4n) is 1.31. The minimum atomic E-state index is -0.526. The molecule has 0 unspecified atom stereocenters. The number of fused-ring (bicyclic) bond motifs is 1. The van der Waals surface area contributed by atoms with Crippen LogP contribution in [0, 0.1) is 5.95 Å². The van der Waals surface area contributed by atoms with Gasteiger partial charge in [-0.25, -0.2) is 0 Å². The molecule has 0 saturated heterocycles. The molecular weight excluding hydrogens is 197 g/mol. The molecule has 0 aromatic carbocycles. The first-order chi connectivity index (χ1) is 6.89. The molecule has 0 aliphatic heterocycles. The van der Waals surface area contributed by atoms with E-state index in [0.29, 0.717) is 5.82 Å². The molecule has 0 aliphatic carbocycles. The van der Waals surface area contributed by atoms with Crippen LogP contribution in [0.2, 0.25) is 0 Å². The van der Waals surface area contributed by atoms with Gasteiger partial charge >= 0.3 is 0 Å². The lowest BCUT2D eigenvalue weighted by Gasteiger charge is -2.16. The van der Waals surface area contributed by atoms with Crippen molar-refractivity contribution in [3.63, 3.8) is 0 Å². The fraction of sp³-hybridized carbons (Fsp3) is 0.400. The Hall–Kier alpha value is -1.65. The average molecular weight is 209 g/mol. The van der Waals surface area contributed by atoms with Crippen LogP contribution in [0.1, 0.15) is 26.6 Å². The fourth-order valence-corrected chi connectivity index (χ4v) is 1.31. The summed E-state index contributed by atoms with van der Waals surface area (Å²) in [5, 5.41) is 4.05. The second-order valence-corrected chi connectivity index (χ2v) is 4.51. The van der Waals surface area contributed by atoms with Gasteiger partial charge in [-0.3, -0.25) is 4.79 Å². The van der Waals surface area contributed by atoms with Gasteiger partial charge in [0.15, 0.2) is 0 Å². The standard InChI is InChI=1S/C10H12FN3O/c1-10(2,3)9-12-8(15)6-4-5-7(11)14(6)13-9/h4-5H,1-3H3,(H,12,13,15). The van der Waals surface area contributed by atoms with Crippen LogP contribution in [0.15, 0.2) is 16.9 Å². The summed E-state index contributed by atoms with van der Waals surface area (Å²) in [6, 6.07) is 2.64. The second-order valence-electron chi connectivity index (χ2n) is 4.51. The van der Waals surface area contributed by atoms with E-state index in [2.05, 4.69) is 10.1 Å². The maximum atomic E-state index is 13.2. The van der Waals surface area contributed by atoms with Crippen molar-refractivity contribution >= 4 is 5.52 Å². The molecule has 0 saturated carbocycles. The van der Waals surface area contributed by atoms with Gasteiger partial charge < -0.3 is 4.98 Å². The summed E-state index contributed by atoms with van der Waals surface area (Å²) in [5.41, 5.74) is -0.413. The molecule has 2 aromatic rings. The Balaban J connectivity index is 2.82. The van der Waals surface area contributed by atoms with Crippen molar-refractivity contribution < 1.29 is 4.39 Å². The van der Waals surface area contributed by atoms with Gasteiger partial charge in [0.25, 0.3) is 5.56 Å². The Morgan fingerprint density at radius 1 is 1.40 bits per heavy atom. The van der Waals surface area contributed by atoms with Crippen LogP contribution >= 0.6 is 0 Å². The third-order valence-corrected chi connectivity index (χ3v) is 2.18. The highest BCUT2D eigenvalue weighted by Gasteiger charge is 2.19. The van der Waals surface area contributed by atoms with Gasteiger partial charge in [0.1, 0.15) is 11.3 Å². The molecule has 4 nitrogen and oxygen atoms in total. The van der Waals surface area contributed by atoms with Crippen LogP contribution in [0.4, 0.5) is 4.39 Å². The Labute approximate surface area is 85.7 Å². The third-order valence-electron chi connectivity index (χ3n) is 2.18. The number of halogens is 1. The number of H-pyrrole nitrogens is 1. The molecular formula is C10H12FN3O. The van der Waals surface area contributed by atoms with Crippen LogP contribution < -0.4 is 5.56 Å². The van der Waals surface area contributed by atoms with Crippen molar-refractivity contribution in [2.24, 2.45) is 0 Å². The van der Waals surface area contributed by atoms with Gasteiger partial charge in [0, 0.05) is 5.41 Å². The monoisotopic (exact) mass is 209 g/mol. The molecule has 15 heavy (non-hydrogen) atoms. The second kappa shape index (κ2) is 2.92. The SMILES string of the molecule is CC(C)(C)c1nn2c(F)ccc2c(=O)[nH]1. The van der Waals surface area contributed by atoms with Crippen LogP contribution in [0.25, 0.3) is 5.52 Å². The Kier molecular flexibility index (Phi) is 1.92. The third kappa shape index (κ3) is 1.54. The molecule has 5 heteroatoms. The summed E-state index contributed by atoms with van der Waals surface area (Å²) in [5.74, 6) is -0.0586. The zero-order chi connectivity index (χ0) is 11.2. The van der Waals surface area contributed by atoms with Gasteiger partial charge in [-0.2, -0.15) is 14.0 Å². The number of nitrogens with one attached hydrogen (secondary N) is 1. The highest BCUT2D eigenvalue weighted by molar-refractivity contribution is 5.44. The van der Waals surface area contributed by atoms with E-state index in [4.69, 9.17) is 0 Å². The minimum absolute atomic E-state index is 0.223. The van der Waals surface area contributed by atoms with Crippen molar-refractivity contribution in [2.45, 2.75) is 26.2 Å². The molecule has 0 aliphatic rings. The minimum Gasteiger partial charge on any atom is -0.307 e. The molecule has 0 bridgehead atoms. The summed E-state index contributed by atoms with van der Waals surface area (Å²) in [6.45, 7) is 5.70. The average Bonchev–Trinajstić information content (AvgIpc) is 2.47. The maximum Gasteiger partial charge on any atom is 0.275 e. The van der Waals surface area contributed by atoms with Crippen molar-refractivity contribution in [1.82, 2.24) is 14.6 Å². The lowest BCUT2D eigenvalue weighted by Crippen LogP contribution is -2.24. The van der Waals surface area contributed by atoms with Gasteiger partial charge in [-0.15, -0.1) is 0 Å². The van der Waals surface area contributed by atoms with E-state index in [1.807, 2.05) is 20.8 Å². The van der Waals surface area contributed by atoms with E-state index in [9.17, 15) is 9.18 Å². The molecule has 0 spiro atoms. The molecule has 0 amide bonds. The largest absolute Gasteiger partial charge is 0.307 e. The van der Waals surface area contributed by atoms with Crippen LogP contribution in [-0.4, -0.2) is 14.6 Å². The Morgan fingerprint density at radius 2 is 2.07 bits per heavy atom. The van der Waals surface area contributed by atoms with Gasteiger partial charge in [0.05, 0.1) is 0 Å². The summed E-state index contributed by atoms with van der Waals surface area (Å²) >= 11 is 0. The summed E-state index contributed by atoms with van der Waals surface area (Å²) in [4.78, 5) is 14.2. The molecule has 0 radical (unpaired) electrons. The zero-order valence-corrected chi connectivity index (χ0v) is 8.84. The number of aromatic amines is 1. The van der Waals surface area contributed by atoms with Crippen molar-refractivity contribution in [1.29, 1.82) is 0 Å². The van der Waals surface area contributed by atoms with Crippen molar-refractivity contribution in [3.05, 3.63) is 34.3 Å². The molecule has 2 aromatic heterocycles. The molecule has 0 atom stereocenters. The van der Waals surface area contributed by atoms with Crippen molar-refractivity contribution in [3.8, 4) is 0 Å². The summed E-state index contributed by atoms with van der Waals surface area (Å²) < 4.78 is 14.3. The number of hydrogen-bond donors (Lipinski definition) is 1. The van der Waals surface area contributed by atoms with Gasteiger partial charge in [-0.05, 0) is 12.1 Å². The predicted octanol–water partition coefficient (Wildman–Crippen LogP) is 1.46. The molecule has 2 rings (SSSR count). The van der Waals surface area contributed by atoms with E-state index in [1.165, 1.54) is 12.1 Å². The normalized spacial score (nSPS) is 12.3. The quantitative estimate of drug-likeness (QED) is 0.714. The first-order valence-electron chi connectivity index (χ1n) is 4.67. The molecule has 1 N–H and O–H groups in total. The zero-order valence-electron chi connectivity index (χ0n) is 8.84. The Bertz CT molecular complexity index is 562. The number of rotatable bonds is 0. The van der Waals surface area contributed by atoms with E-state index in [1.54, 1.807) is 0 Å². The number of aromatic nitrogens is 3. The molecule has 0 fully saturated rings. The highest BCUT2D eigenvalue weighted by atomic mass is 19.1. The van der Waals surface area contributed by atoms with E-state index in [-0.39, 0.29) is 16.5 Å². The summed E-state index contributed by atoms with van der Waals surface area (Å²) in [6.07, 6.45) is 0. The van der Waals surface area contributed by atoms with E-state index in [0.717, 1.165) is 4.52 Å². The smallest absolute Gasteiger partial charge is 0.275 e. The first-order valence-corrected chi connectivity index (χ1v) is 4.67. The van der Waals surface area contributed by atoms with Gasteiger partial charge in [-0.1, -0.05) is 20.8 Å². The topological polar surface area (TPSA) is 50.2 Å². The number of nitrogens with zero attached hydrogens (tertiary/aromatic N) is 2. The Morgan fingerprint density at radius 3 is 2.67 bits per heavy atom. The summed E-state index contributed by atoms with van der Waals surface area (Å²) in [7, 11) is 0. The van der Waals surface area contributed by atoms with Crippen LogP contribution in [-0.2, 0) is 5.41 Å². The molecule has 80 valence electrons. The first kappa shape index (κ1) is 9.89.